The molecule has 0 aliphatic carbocycles. The molecule has 0 saturated heterocycles. The molecule has 0 radical (unpaired) electrons. The highest BCUT2D eigenvalue weighted by Crippen LogP contribution is 2.26. The summed E-state index contributed by atoms with van der Waals surface area (Å²) in [6, 6.07) is 9.77. The Labute approximate surface area is 145 Å². The highest BCUT2D eigenvalue weighted by molar-refractivity contribution is 9.11. The van der Waals surface area contributed by atoms with Gasteiger partial charge in [0.2, 0.25) is 0 Å². The minimum atomic E-state index is -0.0588. The van der Waals surface area contributed by atoms with Crippen molar-refractivity contribution in [1.82, 2.24) is 9.55 Å². The highest BCUT2D eigenvalue weighted by atomic mass is 79.9. The lowest BCUT2D eigenvalue weighted by Gasteiger charge is -2.14. The molecule has 0 amide bonds. The fraction of sp³-hybridized carbons (Fsp3) is 0.176. The lowest BCUT2D eigenvalue weighted by molar-refractivity contribution is 0.886. The summed E-state index contributed by atoms with van der Waals surface area (Å²) in [5.41, 5.74) is 3.73. The average Bonchev–Trinajstić information content (AvgIpc) is 2.42. The maximum atomic E-state index is 13.0. The summed E-state index contributed by atoms with van der Waals surface area (Å²) in [7, 11) is 0. The number of aryl methyl sites for hydroxylation is 3. The number of rotatable bonds is 1. The van der Waals surface area contributed by atoms with Crippen LogP contribution in [0.2, 0.25) is 0 Å². The Morgan fingerprint density at radius 3 is 2.45 bits per heavy atom. The van der Waals surface area contributed by atoms with Crippen molar-refractivity contribution in [3.05, 3.63) is 66.6 Å². The van der Waals surface area contributed by atoms with Crippen LogP contribution in [0.5, 0.6) is 0 Å². The Morgan fingerprint density at radius 2 is 1.77 bits per heavy atom. The molecule has 0 saturated carbocycles. The number of hydrogen-bond donors (Lipinski definition) is 0. The largest absolute Gasteiger partial charge is 0.268 e. The fourth-order valence-electron chi connectivity index (χ4n) is 2.66. The van der Waals surface area contributed by atoms with E-state index in [4.69, 9.17) is 0 Å². The first kappa shape index (κ1) is 15.4. The van der Waals surface area contributed by atoms with Crippen molar-refractivity contribution in [3.8, 4) is 5.69 Å². The number of fused-ring (bicyclic) bond motifs is 1. The first-order valence-electron chi connectivity index (χ1n) is 6.84. The molecule has 112 valence electrons. The summed E-state index contributed by atoms with van der Waals surface area (Å²) >= 11 is 6.91. The van der Waals surface area contributed by atoms with Gasteiger partial charge in [-0.05, 0) is 60.5 Å². The zero-order valence-electron chi connectivity index (χ0n) is 12.4. The quantitative estimate of drug-likeness (QED) is 0.563. The van der Waals surface area contributed by atoms with Crippen LogP contribution in [0.4, 0.5) is 0 Å². The summed E-state index contributed by atoms with van der Waals surface area (Å²) in [4.78, 5) is 17.6. The summed E-state index contributed by atoms with van der Waals surface area (Å²) in [6.07, 6.45) is 0. The Bertz CT molecular complexity index is 961. The van der Waals surface area contributed by atoms with Crippen molar-refractivity contribution < 1.29 is 0 Å². The molecular formula is C17H14Br2N2O. The molecule has 0 spiro atoms. The number of aromatic nitrogens is 2. The molecule has 0 fully saturated rings. The second kappa shape index (κ2) is 5.63. The monoisotopic (exact) mass is 420 g/mol. The molecule has 0 N–H and O–H groups in total. The molecule has 0 aliphatic heterocycles. The topological polar surface area (TPSA) is 34.9 Å². The van der Waals surface area contributed by atoms with Gasteiger partial charge in [0.15, 0.2) is 0 Å². The van der Waals surface area contributed by atoms with Crippen LogP contribution in [0.1, 0.15) is 17.0 Å². The van der Waals surface area contributed by atoms with E-state index in [1.165, 1.54) is 5.56 Å². The molecule has 5 heteroatoms. The van der Waals surface area contributed by atoms with Crippen molar-refractivity contribution in [2.75, 3.05) is 0 Å². The zero-order valence-corrected chi connectivity index (χ0v) is 15.6. The second-order valence-electron chi connectivity index (χ2n) is 5.37. The van der Waals surface area contributed by atoms with Crippen LogP contribution in [0.25, 0.3) is 16.6 Å². The predicted molar refractivity (Wildman–Crippen MR) is 97.0 cm³/mol. The molecule has 0 unspecified atom stereocenters. The van der Waals surface area contributed by atoms with Gasteiger partial charge in [-0.2, -0.15) is 0 Å². The van der Waals surface area contributed by atoms with E-state index in [-0.39, 0.29) is 5.56 Å². The third-order valence-corrected chi connectivity index (χ3v) is 4.71. The van der Waals surface area contributed by atoms with Crippen molar-refractivity contribution in [2.45, 2.75) is 20.8 Å². The molecular weight excluding hydrogens is 408 g/mol. The lowest BCUT2D eigenvalue weighted by Crippen LogP contribution is -2.23. The van der Waals surface area contributed by atoms with Gasteiger partial charge >= 0.3 is 0 Å². The van der Waals surface area contributed by atoms with E-state index in [9.17, 15) is 4.79 Å². The number of halogens is 2. The van der Waals surface area contributed by atoms with Gasteiger partial charge < -0.3 is 0 Å². The number of benzene rings is 2. The van der Waals surface area contributed by atoms with Gasteiger partial charge in [0, 0.05) is 8.95 Å². The maximum Gasteiger partial charge on any atom is 0.266 e. The van der Waals surface area contributed by atoms with Gasteiger partial charge in [-0.3, -0.25) is 9.36 Å². The van der Waals surface area contributed by atoms with Gasteiger partial charge in [-0.25, -0.2) is 4.98 Å². The van der Waals surface area contributed by atoms with Crippen LogP contribution in [-0.2, 0) is 0 Å². The normalized spacial score (nSPS) is 11.1. The molecule has 1 heterocycles. The summed E-state index contributed by atoms with van der Waals surface area (Å²) in [5, 5.41) is 0.590. The molecule has 0 atom stereocenters. The Kier molecular flexibility index (Phi) is 3.95. The van der Waals surface area contributed by atoms with Crippen LogP contribution in [0, 0.1) is 20.8 Å². The van der Waals surface area contributed by atoms with Crippen LogP contribution >= 0.6 is 31.9 Å². The van der Waals surface area contributed by atoms with Crippen molar-refractivity contribution in [3.63, 3.8) is 0 Å². The minimum Gasteiger partial charge on any atom is -0.268 e. The first-order valence-corrected chi connectivity index (χ1v) is 8.43. The molecule has 3 nitrogen and oxygen atoms in total. The SMILES string of the molecule is Cc1ccc(-n2c(C)nc3c(Br)cc(Br)cc3c2=O)c(C)c1. The van der Waals surface area contributed by atoms with E-state index in [0.29, 0.717) is 16.7 Å². The zero-order chi connectivity index (χ0) is 16.0. The van der Waals surface area contributed by atoms with Gasteiger partial charge in [0.05, 0.1) is 16.6 Å². The lowest BCUT2D eigenvalue weighted by atomic mass is 10.1. The van der Waals surface area contributed by atoms with E-state index in [2.05, 4.69) is 42.9 Å². The third-order valence-electron chi connectivity index (χ3n) is 3.65. The third kappa shape index (κ3) is 2.52. The molecule has 0 aliphatic rings. The van der Waals surface area contributed by atoms with E-state index in [1.807, 2.05) is 45.0 Å². The molecule has 0 bridgehead atoms. The van der Waals surface area contributed by atoms with E-state index in [1.54, 1.807) is 4.57 Å². The molecule has 1 aromatic heterocycles. The average molecular weight is 422 g/mol. The smallest absolute Gasteiger partial charge is 0.266 e. The van der Waals surface area contributed by atoms with Crippen LogP contribution in [0.3, 0.4) is 0 Å². The Balaban J connectivity index is 2.43. The highest BCUT2D eigenvalue weighted by Gasteiger charge is 2.14. The van der Waals surface area contributed by atoms with E-state index < -0.39 is 0 Å². The van der Waals surface area contributed by atoms with Gasteiger partial charge in [0.25, 0.3) is 5.56 Å². The fourth-order valence-corrected chi connectivity index (χ4v) is 3.98. The standard InChI is InChI=1S/C17H14Br2N2O/c1-9-4-5-15(10(2)6-9)21-11(3)20-16-13(17(21)22)7-12(18)8-14(16)19/h4-8H,1-3H3. The van der Waals surface area contributed by atoms with E-state index in [0.717, 1.165) is 20.2 Å². The Morgan fingerprint density at radius 1 is 1.05 bits per heavy atom. The predicted octanol–water partition coefficient (Wildman–Crippen LogP) is 4.84. The molecule has 22 heavy (non-hydrogen) atoms. The van der Waals surface area contributed by atoms with Gasteiger partial charge in [-0.1, -0.05) is 33.6 Å². The van der Waals surface area contributed by atoms with Crippen molar-refractivity contribution in [2.24, 2.45) is 0 Å². The molecule has 2 aromatic carbocycles. The van der Waals surface area contributed by atoms with Crippen molar-refractivity contribution in [1.29, 1.82) is 0 Å². The number of hydrogen-bond acceptors (Lipinski definition) is 2. The Hall–Kier alpha value is -1.46. The second-order valence-corrected chi connectivity index (χ2v) is 7.14. The van der Waals surface area contributed by atoms with Crippen LogP contribution in [-0.4, -0.2) is 9.55 Å². The minimum absolute atomic E-state index is 0.0588. The van der Waals surface area contributed by atoms with Gasteiger partial charge in [0.1, 0.15) is 5.82 Å². The first-order chi connectivity index (χ1) is 10.4. The van der Waals surface area contributed by atoms with E-state index >= 15 is 0 Å². The number of nitrogens with zero attached hydrogens (tertiary/aromatic N) is 2. The summed E-state index contributed by atoms with van der Waals surface area (Å²) in [6.45, 7) is 5.91. The van der Waals surface area contributed by atoms with Crippen molar-refractivity contribution >= 4 is 42.8 Å². The van der Waals surface area contributed by atoms with Gasteiger partial charge in [-0.15, -0.1) is 0 Å². The van der Waals surface area contributed by atoms with Crippen LogP contribution < -0.4 is 5.56 Å². The summed E-state index contributed by atoms with van der Waals surface area (Å²) < 4.78 is 3.34. The van der Waals surface area contributed by atoms with Crippen LogP contribution in [0.15, 0.2) is 44.1 Å². The molecule has 3 rings (SSSR count). The summed E-state index contributed by atoms with van der Waals surface area (Å²) in [5.74, 6) is 0.674. The maximum absolute atomic E-state index is 13.0. The molecule has 3 aromatic rings.